The average molecular weight is 279 g/mol. The van der Waals surface area contributed by atoms with E-state index in [-0.39, 0.29) is 0 Å². The van der Waals surface area contributed by atoms with E-state index in [4.69, 9.17) is 5.73 Å². The molecule has 21 heavy (non-hydrogen) atoms. The molecule has 0 saturated carbocycles. The first-order chi connectivity index (χ1) is 10.2. The van der Waals surface area contributed by atoms with Crippen molar-refractivity contribution in [3.8, 4) is 0 Å². The predicted octanol–water partition coefficient (Wildman–Crippen LogP) is 4.76. The molecule has 2 aromatic rings. The molecule has 110 valence electrons. The first kappa shape index (κ1) is 15.5. The van der Waals surface area contributed by atoms with Gasteiger partial charge >= 0.3 is 0 Å². The van der Waals surface area contributed by atoms with E-state index in [9.17, 15) is 0 Å². The molecule has 0 aliphatic heterocycles. The molecule has 1 nitrogen and oxygen atoms in total. The minimum absolute atomic E-state index is 0.784. The molecule has 0 bridgehead atoms. The van der Waals surface area contributed by atoms with Gasteiger partial charge in [-0.1, -0.05) is 54.6 Å². The van der Waals surface area contributed by atoms with Gasteiger partial charge in [0.2, 0.25) is 0 Å². The van der Waals surface area contributed by atoms with Crippen LogP contribution in [0.5, 0.6) is 0 Å². The van der Waals surface area contributed by atoms with Crippen molar-refractivity contribution >= 4 is 12.2 Å². The lowest BCUT2D eigenvalue weighted by atomic mass is 10.0. The summed E-state index contributed by atoms with van der Waals surface area (Å²) >= 11 is 0. The van der Waals surface area contributed by atoms with Gasteiger partial charge in [0.05, 0.1) is 0 Å². The molecular formula is C20H25N. The third-order valence-electron chi connectivity index (χ3n) is 3.86. The van der Waals surface area contributed by atoms with Crippen LogP contribution >= 0.6 is 0 Å². The summed E-state index contributed by atoms with van der Waals surface area (Å²) in [6.07, 6.45) is 7.82. The largest absolute Gasteiger partial charge is 0.330 e. The maximum absolute atomic E-state index is 5.55. The second-order valence-electron chi connectivity index (χ2n) is 5.63. The van der Waals surface area contributed by atoms with Crippen molar-refractivity contribution in [3.63, 3.8) is 0 Å². The highest BCUT2D eigenvalue weighted by Crippen LogP contribution is 2.17. The summed E-state index contributed by atoms with van der Waals surface area (Å²) in [5.74, 6) is 0. The Morgan fingerprint density at radius 1 is 0.905 bits per heavy atom. The SMILES string of the molecule is Cc1cccc(C)c1/C=C/c1cccc(CCCCN)c1. The predicted molar refractivity (Wildman–Crippen MR) is 93.3 cm³/mol. The molecule has 0 unspecified atom stereocenters. The van der Waals surface area contributed by atoms with Crippen molar-refractivity contribution in [2.45, 2.75) is 33.1 Å². The first-order valence-electron chi connectivity index (χ1n) is 7.74. The molecule has 1 heteroatoms. The van der Waals surface area contributed by atoms with E-state index in [1.54, 1.807) is 0 Å². The minimum atomic E-state index is 0.784. The van der Waals surface area contributed by atoms with Gasteiger partial charge in [0.15, 0.2) is 0 Å². The van der Waals surface area contributed by atoms with Crippen molar-refractivity contribution in [2.24, 2.45) is 5.73 Å². The lowest BCUT2D eigenvalue weighted by Gasteiger charge is -2.05. The number of benzene rings is 2. The zero-order valence-electron chi connectivity index (χ0n) is 13.1. The molecule has 0 fully saturated rings. The van der Waals surface area contributed by atoms with Crippen LogP contribution in [0, 0.1) is 13.8 Å². The molecule has 2 aromatic carbocycles. The van der Waals surface area contributed by atoms with Crippen LogP contribution in [-0.2, 0) is 6.42 Å². The summed E-state index contributed by atoms with van der Waals surface area (Å²) in [6.45, 7) is 5.11. The van der Waals surface area contributed by atoms with Crippen molar-refractivity contribution in [1.82, 2.24) is 0 Å². The molecule has 0 radical (unpaired) electrons. The van der Waals surface area contributed by atoms with Crippen LogP contribution in [0.2, 0.25) is 0 Å². The first-order valence-corrected chi connectivity index (χ1v) is 7.74. The van der Waals surface area contributed by atoms with E-state index in [1.165, 1.54) is 34.2 Å². The Bertz CT molecular complexity index is 591. The molecule has 0 saturated heterocycles. The van der Waals surface area contributed by atoms with Gasteiger partial charge in [-0.2, -0.15) is 0 Å². The van der Waals surface area contributed by atoms with Crippen molar-refractivity contribution in [2.75, 3.05) is 6.54 Å². The summed E-state index contributed by atoms with van der Waals surface area (Å²) in [7, 11) is 0. The van der Waals surface area contributed by atoms with Crippen molar-refractivity contribution in [3.05, 3.63) is 70.3 Å². The third-order valence-corrected chi connectivity index (χ3v) is 3.86. The zero-order chi connectivity index (χ0) is 15.1. The summed E-state index contributed by atoms with van der Waals surface area (Å²) in [6, 6.07) is 15.2. The van der Waals surface area contributed by atoms with E-state index in [2.05, 4.69) is 68.5 Å². The zero-order valence-corrected chi connectivity index (χ0v) is 13.1. The fourth-order valence-corrected chi connectivity index (χ4v) is 2.60. The minimum Gasteiger partial charge on any atom is -0.330 e. The number of hydrogen-bond donors (Lipinski definition) is 1. The standard InChI is InChI=1S/C20H25N/c1-16-7-5-8-17(2)20(16)13-12-19-11-6-10-18(15-19)9-3-4-14-21/h5-8,10-13,15H,3-4,9,14,21H2,1-2H3/b13-12+. The molecular weight excluding hydrogens is 254 g/mol. The monoisotopic (exact) mass is 279 g/mol. The summed E-state index contributed by atoms with van der Waals surface area (Å²) < 4.78 is 0. The number of nitrogens with two attached hydrogens (primary N) is 1. The number of rotatable bonds is 6. The Morgan fingerprint density at radius 2 is 1.62 bits per heavy atom. The van der Waals surface area contributed by atoms with Gasteiger partial charge in [-0.15, -0.1) is 0 Å². The average Bonchev–Trinajstić information content (AvgIpc) is 2.47. The van der Waals surface area contributed by atoms with Crippen LogP contribution in [0.1, 0.15) is 40.7 Å². The van der Waals surface area contributed by atoms with Gasteiger partial charge in [0.25, 0.3) is 0 Å². The van der Waals surface area contributed by atoms with Gasteiger partial charge in [-0.25, -0.2) is 0 Å². The Balaban J connectivity index is 2.12. The molecule has 0 aromatic heterocycles. The van der Waals surface area contributed by atoms with E-state index >= 15 is 0 Å². The topological polar surface area (TPSA) is 26.0 Å². The molecule has 0 aliphatic rings. The highest BCUT2D eigenvalue weighted by Gasteiger charge is 1.98. The fourth-order valence-electron chi connectivity index (χ4n) is 2.60. The molecule has 0 atom stereocenters. The normalized spacial score (nSPS) is 11.2. The lowest BCUT2D eigenvalue weighted by molar-refractivity contribution is 0.745. The third kappa shape index (κ3) is 4.57. The van der Waals surface area contributed by atoms with E-state index in [0.717, 1.165) is 19.4 Å². The Kier molecular flexibility index (Phi) is 5.77. The lowest BCUT2D eigenvalue weighted by Crippen LogP contribution is -1.98. The number of unbranched alkanes of at least 4 members (excludes halogenated alkanes) is 1. The summed E-state index contributed by atoms with van der Waals surface area (Å²) in [4.78, 5) is 0. The van der Waals surface area contributed by atoms with Gasteiger partial charge in [-0.3, -0.25) is 0 Å². The highest BCUT2D eigenvalue weighted by atomic mass is 14.5. The Labute approximate surface area is 128 Å². The van der Waals surface area contributed by atoms with E-state index in [0.29, 0.717) is 0 Å². The summed E-state index contributed by atoms with van der Waals surface area (Å²) in [5.41, 5.74) is 12.2. The van der Waals surface area contributed by atoms with Gasteiger partial charge in [0.1, 0.15) is 0 Å². The van der Waals surface area contributed by atoms with Crippen LogP contribution in [0.4, 0.5) is 0 Å². The van der Waals surface area contributed by atoms with E-state index < -0.39 is 0 Å². The Morgan fingerprint density at radius 3 is 2.33 bits per heavy atom. The molecule has 0 spiro atoms. The summed E-state index contributed by atoms with van der Waals surface area (Å²) in [5, 5.41) is 0. The van der Waals surface area contributed by atoms with Gasteiger partial charge in [0, 0.05) is 0 Å². The fraction of sp³-hybridized carbons (Fsp3) is 0.300. The van der Waals surface area contributed by atoms with Crippen molar-refractivity contribution in [1.29, 1.82) is 0 Å². The Hall–Kier alpha value is -1.86. The maximum Gasteiger partial charge on any atom is -0.00772 e. The smallest absolute Gasteiger partial charge is 0.00772 e. The van der Waals surface area contributed by atoms with Crippen LogP contribution in [0.15, 0.2) is 42.5 Å². The van der Waals surface area contributed by atoms with Crippen LogP contribution in [0.3, 0.4) is 0 Å². The second kappa shape index (κ2) is 7.80. The molecule has 0 aliphatic carbocycles. The number of aryl methyl sites for hydroxylation is 3. The van der Waals surface area contributed by atoms with Crippen LogP contribution < -0.4 is 5.73 Å². The molecule has 2 N–H and O–H groups in total. The van der Waals surface area contributed by atoms with Gasteiger partial charge < -0.3 is 5.73 Å². The van der Waals surface area contributed by atoms with Gasteiger partial charge in [-0.05, 0) is 67.5 Å². The second-order valence-corrected chi connectivity index (χ2v) is 5.63. The van der Waals surface area contributed by atoms with Crippen molar-refractivity contribution < 1.29 is 0 Å². The highest BCUT2D eigenvalue weighted by molar-refractivity contribution is 5.72. The van der Waals surface area contributed by atoms with E-state index in [1.807, 2.05) is 0 Å². The molecule has 0 heterocycles. The van der Waals surface area contributed by atoms with Crippen LogP contribution in [0.25, 0.3) is 12.2 Å². The van der Waals surface area contributed by atoms with Crippen LogP contribution in [-0.4, -0.2) is 6.54 Å². The quantitative estimate of drug-likeness (QED) is 0.599. The molecule has 2 rings (SSSR count). The maximum atomic E-state index is 5.55. The molecule has 0 amide bonds. The number of hydrogen-bond acceptors (Lipinski definition) is 1.